The van der Waals surface area contributed by atoms with Crippen molar-refractivity contribution in [3.63, 3.8) is 0 Å². The van der Waals surface area contributed by atoms with E-state index in [2.05, 4.69) is 61.4 Å². The molecule has 12 heteroatoms. The standard InChI is InChI=1S/C28H34FN9O2.C2H6/c1-6-25(39)34-21-12-22(24(40-5)13-23(21)38-9-7-19(8-10-38)37(3)4)35-28-33-16-20(29)26(36-28)18-11-17(14-30)27(31-2)32-15-18;1-2/h6,11-16,19,30H,1,7-10H2,2-5H3,(H,31,32)(H,34,39)(H,33,35,36);1-2H3. The van der Waals surface area contributed by atoms with Crippen molar-refractivity contribution < 1.29 is 13.9 Å². The van der Waals surface area contributed by atoms with Gasteiger partial charge in [-0.2, -0.15) is 0 Å². The summed E-state index contributed by atoms with van der Waals surface area (Å²) in [6.45, 7) is 9.21. The number of piperidine rings is 1. The molecule has 3 heterocycles. The first-order valence-electron chi connectivity index (χ1n) is 13.8. The molecule has 0 spiro atoms. The number of anilines is 5. The Morgan fingerprint density at radius 1 is 1.17 bits per heavy atom. The maximum atomic E-state index is 14.8. The second-order valence-corrected chi connectivity index (χ2v) is 9.52. The van der Waals surface area contributed by atoms with Crippen molar-refractivity contribution in [3.8, 4) is 17.0 Å². The van der Waals surface area contributed by atoms with Crippen LogP contribution in [0, 0.1) is 11.2 Å². The topological polar surface area (TPSA) is 131 Å². The van der Waals surface area contributed by atoms with Crippen molar-refractivity contribution in [3.05, 3.63) is 54.6 Å². The van der Waals surface area contributed by atoms with E-state index in [0.29, 0.717) is 40.1 Å². The van der Waals surface area contributed by atoms with E-state index in [0.717, 1.165) is 44.0 Å². The molecule has 1 aromatic carbocycles. The Labute approximate surface area is 246 Å². The number of nitrogens with one attached hydrogen (secondary N) is 4. The van der Waals surface area contributed by atoms with Crippen LogP contribution in [0.25, 0.3) is 11.3 Å². The van der Waals surface area contributed by atoms with Gasteiger partial charge >= 0.3 is 0 Å². The van der Waals surface area contributed by atoms with Crippen LogP contribution in [0.2, 0.25) is 0 Å². The number of rotatable bonds is 10. The molecule has 0 atom stereocenters. The zero-order chi connectivity index (χ0) is 30.8. The summed E-state index contributed by atoms with van der Waals surface area (Å²) in [5.41, 5.74) is 2.78. The SMILES string of the molecule is C=CC(=O)Nc1cc(Nc2ncc(F)c(-c3cnc(NC)c(C=N)c3)n2)c(OC)cc1N1CCC(N(C)C)CC1.CC. The van der Waals surface area contributed by atoms with Crippen LogP contribution in [0.15, 0.2) is 43.2 Å². The Morgan fingerprint density at radius 2 is 1.88 bits per heavy atom. The molecule has 3 aromatic rings. The van der Waals surface area contributed by atoms with Gasteiger partial charge in [-0.05, 0) is 45.1 Å². The first-order valence-corrected chi connectivity index (χ1v) is 13.8. The Hall–Kier alpha value is -4.58. The van der Waals surface area contributed by atoms with E-state index in [1.165, 1.54) is 12.3 Å². The van der Waals surface area contributed by atoms with Crippen molar-refractivity contribution in [1.29, 1.82) is 5.41 Å². The highest BCUT2D eigenvalue weighted by Crippen LogP contribution is 2.39. The molecule has 11 nitrogen and oxygen atoms in total. The van der Waals surface area contributed by atoms with Crippen molar-refractivity contribution in [2.45, 2.75) is 32.7 Å². The van der Waals surface area contributed by atoms with Gasteiger partial charge in [0.15, 0.2) is 5.82 Å². The number of benzene rings is 1. The first-order chi connectivity index (χ1) is 20.3. The number of ether oxygens (including phenoxy) is 1. The minimum Gasteiger partial charge on any atom is -0.494 e. The summed E-state index contributed by atoms with van der Waals surface area (Å²) in [5.74, 6) is 0.131. The second kappa shape index (κ2) is 14.9. The number of amides is 1. The van der Waals surface area contributed by atoms with Gasteiger partial charge in [-0.3, -0.25) is 4.79 Å². The second-order valence-electron chi connectivity index (χ2n) is 9.52. The molecule has 0 bridgehead atoms. The predicted molar refractivity (Wildman–Crippen MR) is 168 cm³/mol. The quantitative estimate of drug-likeness (QED) is 0.191. The van der Waals surface area contributed by atoms with Gasteiger partial charge < -0.3 is 35.9 Å². The Morgan fingerprint density at radius 3 is 2.48 bits per heavy atom. The normalized spacial score (nSPS) is 13.1. The molecule has 0 saturated carbocycles. The summed E-state index contributed by atoms with van der Waals surface area (Å²) >= 11 is 0. The van der Waals surface area contributed by atoms with E-state index in [4.69, 9.17) is 10.1 Å². The zero-order valence-electron chi connectivity index (χ0n) is 25.1. The summed E-state index contributed by atoms with van der Waals surface area (Å²) in [6.07, 6.45) is 6.86. The number of carbonyl (C=O) groups is 1. The molecule has 2 aromatic heterocycles. The van der Waals surface area contributed by atoms with E-state index < -0.39 is 5.82 Å². The predicted octanol–water partition coefficient (Wildman–Crippen LogP) is 5.15. The molecular weight excluding hydrogens is 537 g/mol. The highest BCUT2D eigenvalue weighted by Gasteiger charge is 2.24. The maximum absolute atomic E-state index is 14.8. The van der Waals surface area contributed by atoms with Crippen LogP contribution in [-0.2, 0) is 4.79 Å². The number of carbonyl (C=O) groups excluding carboxylic acids is 1. The molecule has 1 fully saturated rings. The van der Waals surface area contributed by atoms with Gasteiger partial charge in [0.1, 0.15) is 17.3 Å². The van der Waals surface area contributed by atoms with Crippen LogP contribution in [0.4, 0.5) is 33.2 Å². The molecule has 42 heavy (non-hydrogen) atoms. The van der Waals surface area contributed by atoms with E-state index in [1.54, 1.807) is 26.3 Å². The molecule has 4 rings (SSSR count). The molecule has 0 aliphatic carbocycles. The lowest BCUT2D eigenvalue weighted by Gasteiger charge is -2.37. The van der Waals surface area contributed by atoms with Gasteiger partial charge in [0.05, 0.1) is 30.4 Å². The molecule has 1 amide bonds. The van der Waals surface area contributed by atoms with Crippen molar-refractivity contribution in [1.82, 2.24) is 19.9 Å². The third-order valence-electron chi connectivity index (χ3n) is 6.87. The fourth-order valence-corrected chi connectivity index (χ4v) is 4.68. The number of nitrogens with zero attached hydrogens (tertiary/aromatic N) is 5. The molecule has 1 saturated heterocycles. The monoisotopic (exact) mass is 577 g/mol. The highest BCUT2D eigenvalue weighted by atomic mass is 19.1. The summed E-state index contributed by atoms with van der Waals surface area (Å²) in [4.78, 5) is 29.5. The lowest BCUT2D eigenvalue weighted by Crippen LogP contribution is -2.42. The van der Waals surface area contributed by atoms with Crippen LogP contribution in [-0.4, -0.2) is 79.4 Å². The van der Waals surface area contributed by atoms with E-state index in [9.17, 15) is 9.18 Å². The van der Waals surface area contributed by atoms with Crippen LogP contribution in [0.3, 0.4) is 0 Å². The van der Waals surface area contributed by atoms with Crippen LogP contribution < -0.4 is 25.6 Å². The van der Waals surface area contributed by atoms with Crippen LogP contribution in [0.1, 0.15) is 32.3 Å². The van der Waals surface area contributed by atoms with Crippen molar-refractivity contribution in [2.24, 2.45) is 0 Å². The van der Waals surface area contributed by atoms with Crippen molar-refractivity contribution >= 4 is 41.0 Å². The molecule has 1 aliphatic rings. The average Bonchev–Trinajstić information content (AvgIpc) is 3.02. The summed E-state index contributed by atoms with van der Waals surface area (Å²) in [7, 11) is 7.42. The Balaban J connectivity index is 0.00000237. The molecule has 1 aliphatic heterocycles. The zero-order valence-corrected chi connectivity index (χ0v) is 25.1. The molecule has 4 N–H and O–H groups in total. The minimum absolute atomic E-state index is 0.0234. The van der Waals surface area contributed by atoms with Crippen LogP contribution in [0.5, 0.6) is 5.75 Å². The number of halogens is 1. The molecule has 0 unspecified atom stereocenters. The van der Waals surface area contributed by atoms with E-state index in [-0.39, 0.29) is 17.5 Å². The summed E-state index contributed by atoms with van der Waals surface area (Å²) in [5, 5.41) is 16.5. The maximum Gasteiger partial charge on any atom is 0.247 e. The van der Waals surface area contributed by atoms with Gasteiger partial charge in [0.25, 0.3) is 0 Å². The van der Waals surface area contributed by atoms with Gasteiger partial charge in [0, 0.05) is 55.8 Å². The van der Waals surface area contributed by atoms with Gasteiger partial charge in [-0.25, -0.2) is 19.3 Å². The first kappa shape index (κ1) is 31.9. The fourth-order valence-electron chi connectivity index (χ4n) is 4.68. The molecular formula is C30H40FN9O2. The van der Waals surface area contributed by atoms with Gasteiger partial charge in [0.2, 0.25) is 11.9 Å². The largest absolute Gasteiger partial charge is 0.494 e. The minimum atomic E-state index is -0.636. The third kappa shape index (κ3) is 7.38. The Bertz CT molecular complexity index is 1410. The Kier molecular flexibility index (Phi) is 11.3. The number of aromatic nitrogens is 3. The van der Waals surface area contributed by atoms with Crippen LogP contribution >= 0.6 is 0 Å². The number of methoxy groups -OCH3 is 1. The fraction of sp³-hybridized carbons (Fsp3) is 0.367. The number of pyridine rings is 1. The van der Waals surface area contributed by atoms with Gasteiger partial charge in [-0.15, -0.1) is 0 Å². The smallest absolute Gasteiger partial charge is 0.247 e. The number of hydrogen-bond donors (Lipinski definition) is 4. The van der Waals surface area contributed by atoms with Crippen molar-refractivity contribution in [2.75, 3.05) is 62.2 Å². The van der Waals surface area contributed by atoms with Gasteiger partial charge in [-0.1, -0.05) is 20.4 Å². The van der Waals surface area contributed by atoms with E-state index >= 15 is 0 Å². The third-order valence-corrected chi connectivity index (χ3v) is 6.87. The molecule has 224 valence electrons. The average molecular weight is 578 g/mol. The highest BCUT2D eigenvalue weighted by molar-refractivity contribution is 6.02. The summed E-state index contributed by atoms with van der Waals surface area (Å²) in [6, 6.07) is 5.72. The molecule has 0 radical (unpaired) electrons. The summed E-state index contributed by atoms with van der Waals surface area (Å²) < 4.78 is 20.5. The lowest BCUT2D eigenvalue weighted by molar-refractivity contribution is -0.111. The number of hydrogen-bond acceptors (Lipinski definition) is 10. The lowest BCUT2D eigenvalue weighted by atomic mass is 10.0. The van der Waals surface area contributed by atoms with E-state index in [1.807, 2.05) is 19.9 Å².